The summed E-state index contributed by atoms with van der Waals surface area (Å²) in [5, 5.41) is 4.08. The lowest BCUT2D eigenvalue weighted by molar-refractivity contribution is 0.0619. The number of rotatable bonds is 3. The van der Waals surface area contributed by atoms with Gasteiger partial charge in [-0.05, 0) is 61.6 Å². The molecule has 3 aliphatic rings. The van der Waals surface area contributed by atoms with Crippen LogP contribution in [0.2, 0.25) is 0 Å². The van der Waals surface area contributed by atoms with E-state index in [0.29, 0.717) is 11.6 Å². The molecule has 1 atom stereocenters. The van der Waals surface area contributed by atoms with Crippen LogP contribution in [0.1, 0.15) is 23.3 Å². The third-order valence-electron chi connectivity index (χ3n) is 4.86. The highest BCUT2D eigenvalue weighted by Crippen LogP contribution is 2.29. The molecule has 1 unspecified atom stereocenters. The van der Waals surface area contributed by atoms with Gasteiger partial charge in [-0.25, -0.2) is 0 Å². The summed E-state index contributed by atoms with van der Waals surface area (Å²) >= 11 is 1.36. The summed E-state index contributed by atoms with van der Waals surface area (Å²) in [5.74, 6) is 1.32. The molecule has 2 bridgehead atoms. The van der Waals surface area contributed by atoms with Crippen molar-refractivity contribution in [1.29, 1.82) is 0 Å². The van der Waals surface area contributed by atoms with E-state index < -0.39 is 0 Å². The molecule has 3 saturated heterocycles. The minimum Gasteiger partial charge on any atom is -0.497 e. The predicted octanol–water partition coefficient (Wildman–Crippen LogP) is 2.13. The first-order chi connectivity index (χ1) is 10.7. The Bertz CT molecular complexity index is 706. The number of aromatic nitrogens is 1. The van der Waals surface area contributed by atoms with Crippen molar-refractivity contribution in [3.63, 3.8) is 0 Å². The molecule has 0 aliphatic carbocycles. The zero-order valence-electron chi connectivity index (χ0n) is 12.5. The summed E-state index contributed by atoms with van der Waals surface area (Å²) in [7, 11) is 1.63. The molecule has 5 rings (SSSR count). The maximum Gasteiger partial charge on any atom is 0.271 e. The van der Waals surface area contributed by atoms with Crippen molar-refractivity contribution < 1.29 is 9.53 Å². The second kappa shape index (κ2) is 5.52. The van der Waals surface area contributed by atoms with Crippen molar-refractivity contribution in [2.45, 2.75) is 18.9 Å². The summed E-state index contributed by atoms with van der Waals surface area (Å²) in [5.41, 5.74) is 0.523. The molecule has 0 spiro atoms. The molecule has 5 nitrogen and oxygen atoms in total. The first-order valence-corrected chi connectivity index (χ1v) is 8.48. The number of hydrogen-bond acceptors (Lipinski definition) is 5. The Kier molecular flexibility index (Phi) is 3.50. The molecule has 3 fully saturated rings. The third kappa shape index (κ3) is 2.36. The minimum absolute atomic E-state index is 0.0572. The second-order valence-corrected chi connectivity index (χ2v) is 6.92. The fourth-order valence-corrected chi connectivity index (χ4v) is 4.33. The highest BCUT2D eigenvalue weighted by Gasteiger charge is 2.35. The average molecular weight is 317 g/mol. The third-order valence-corrected chi connectivity index (χ3v) is 5.69. The average Bonchev–Trinajstić information content (AvgIpc) is 2.99. The van der Waals surface area contributed by atoms with Gasteiger partial charge in [0.1, 0.15) is 11.4 Å². The van der Waals surface area contributed by atoms with Crippen LogP contribution in [-0.2, 0) is 0 Å². The number of hydrogen-bond donors (Lipinski definition) is 1. The lowest BCUT2D eigenvalue weighted by Gasteiger charge is -2.44. The fourth-order valence-electron chi connectivity index (χ4n) is 3.57. The van der Waals surface area contributed by atoms with Gasteiger partial charge in [-0.2, -0.15) is 4.37 Å². The topological polar surface area (TPSA) is 54.5 Å². The van der Waals surface area contributed by atoms with Crippen molar-refractivity contribution in [3.05, 3.63) is 23.9 Å². The van der Waals surface area contributed by atoms with E-state index in [-0.39, 0.29) is 11.9 Å². The quantitative estimate of drug-likeness (QED) is 0.942. The summed E-state index contributed by atoms with van der Waals surface area (Å²) in [6.07, 6.45) is 2.38. The van der Waals surface area contributed by atoms with Gasteiger partial charge in [0.2, 0.25) is 0 Å². The Morgan fingerprint density at radius 1 is 1.41 bits per heavy atom. The van der Waals surface area contributed by atoms with E-state index in [1.54, 1.807) is 7.11 Å². The number of ether oxygens (including phenoxy) is 1. The van der Waals surface area contributed by atoms with E-state index in [1.807, 2.05) is 18.2 Å². The maximum atomic E-state index is 12.6. The highest BCUT2D eigenvalue weighted by molar-refractivity contribution is 7.13. The molecule has 6 heteroatoms. The van der Waals surface area contributed by atoms with Crippen LogP contribution < -0.4 is 10.1 Å². The van der Waals surface area contributed by atoms with Gasteiger partial charge >= 0.3 is 0 Å². The van der Waals surface area contributed by atoms with E-state index in [9.17, 15) is 4.79 Å². The van der Waals surface area contributed by atoms with Crippen molar-refractivity contribution >= 4 is 27.5 Å². The SMILES string of the molecule is COc1ccc2snc(C(=O)NC3CN4CCC3CC4)c2c1. The fraction of sp³-hybridized carbons (Fsp3) is 0.500. The first kappa shape index (κ1) is 14.0. The molecule has 4 heterocycles. The Morgan fingerprint density at radius 3 is 2.91 bits per heavy atom. The zero-order chi connectivity index (χ0) is 15.1. The molecular weight excluding hydrogens is 298 g/mol. The number of nitrogens with zero attached hydrogens (tertiary/aromatic N) is 2. The van der Waals surface area contributed by atoms with Crippen molar-refractivity contribution in [1.82, 2.24) is 14.6 Å². The number of fused-ring (bicyclic) bond motifs is 4. The molecule has 3 aliphatic heterocycles. The number of piperidine rings is 3. The van der Waals surface area contributed by atoms with E-state index in [0.717, 1.165) is 22.4 Å². The Balaban J connectivity index is 1.57. The van der Waals surface area contributed by atoms with Gasteiger partial charge in [0.25, 0.3) is 5.91 Å². The molecule has 1 aromatic heterocycles. The van der Waals surface area contributed by atoms with Gasteiger partial charge < -0.3 is 15.0 Å². The van der Waals surface area contributed by atoms with Gasteiger partial charge in [-0.3, -0.25) is 4.79 Å². The molecule has 1 aromatic carbocycles. The van der Waals surface area contributed by atoms with Crippen LogP contribution in [0.5, 0.6) is 5.75 Å². The molecule has 1 amide bonds. The lowest BCUT2D eigenvalue weighted by atomic mass is 9.84. The number of nitrogens with one attached hydrogen (secondary N) is 1. The van der Waals surface area contributed by atoms with Crippen molar-refractivity contribution in [2.24, 2.45) is 5.92 Å². The molecule has 22 heavy (non-hydrogen) atoms. The second-order valence-electron chi connectivity index (χ2n) is 6.11. The van der Waals surface area contributed by atoms with E-state index in [1.165, 1.54) is 37.5 Å². The first-order valence-electron chi connectivity index (χ1n) is 7.71. The van der Waals surface area contributed by atoms with Crippen molar-refractivity contribution in [3.8, 4) is 5.75 Å². The largest absolute Gasteiger partial charge is 0.497 e. The summed E-state index contributed by atoms with van der Waals surface area (Å²) < 4.78 is 10.6. The van der Waals surface area contributed by atoms with Crippen LogP contribution in [-0.4, -0.2) is 48.0 Å². The highest BCUT2D eigenvalue weighted by atomic mass is 32.1. The van der Waals surface area contributed by atoms with E-state index in [4.69, 9.17) is 4.74 Å². The Labute approximate surface area is 133 Å². The maximum absolute atomic E-state index is 12.6. The normalized spacial score (nSPS) is 27.0. The smallest absolute Gasteiger partial charge is 0.271 e. The summed E-state index contributed by atoms with van der Waals surface area (Å²) in [6.45, 7) is 3.32. The molecule has 2 aromatic rings. The Morgan fingerprint density at radius 2 is 2.23 bits per heavy atom. The van der Waals surface area contributed by atoms with Gasteiger partial charge in [0.15, 0.2) is 0 Å². The molecular formula is C16H19N3O2S. The molecule has 0 radical (unpaired) electrons. The van der Waals surface area contributed by atoms with E-state index in [2.05, 4.69) is 14.6 Å². The van der Waals surface area contributed by atoms with Gasteiger partial charge in [-0.1, -0.05) is 0 Å². The summed E-state index contributed by atoms with van der Waals surface area (Å²) in [6, 6.07) is 6.01. The molecule has 116 valence electrons. The van der Waals surface area contributed by atoms with Crippen LogP contribution in [0.4, 0.5) is 0 Å². The monoisotopic (exact) mass is 317 g/mol. The number of carbonyl (C=O) groups excluding carboxylic acids is 1. The zero-order valence-corrected chi connectivity index (χ0v) is 13.4. The van der Waals surface area contributed by atoms with Crippen LogP contribution in [0.15, 0.2) is 18.2 Å². The van der Waals surface area contributed by atoms with Crippen LogP contribution in [0, 0.1) is 5.92 Å². The predicted molar refractivity (Wildman–Crippen MR) is 86.6 cm³/mol. The number of amides is 1. The van der Waals surface area contributed by atoms with Gasteiger partial charge in [0.05, 0.1) is 11.8 Å². The Hall–Kier alpha value is -1.66. The molecule has 1 N–H and O–H groups in total. The van der Waals surface area contributed by atoms with Crippen LogP contribution in [0.3, 0.4) is 0 Å². The standard InChI is InChI=1S/C16H19N3O2S/c1-21-11-2-3-14-12(8-11)15(18-22-14)16(20)17-13-9-19-6-4-10(13)5-7-19/h2-3,8,10,13H,4-7,9H2,1H3,(H,17,20). The van der Waals surface area contributed by atoms with Gasteiger partial charge in [-0.15, -0.1) is 0 Å². The van der Waals surface area contributed by atoms with Gasteiger partial charge in [0, 0.05) is 18.0 Å². The van der Waals surface area contributed by atoms with Crippen molar-refractivity contribution in [2.75, 3.05) is 26.7 Å². The number of methoxy groups -OCH3 is 1. The minimum atomic E-state index is -0.0572. The number of carbonyl (C=O) groups is 1. The summed E-state index contributed by atoms with van der Waals surface area (Å²) in [4.78, 5) is 15.1. The number of benzene rings is 1. The van der Waals surface area contributed by atoms with Crippen LogP contribution in [0.25, 0.3) is 10.1 Å². The molecule has 0 saturated carbocycles. The lowest BCUT2D eigenvalue weighted by Crippen LogP contribution is -2.57. The van der Waals surface area contributed by atoms with Crippen LogP contribution >= 0.6 is 11.5 Å². The van der Waals surface area contributed by atoms with E-state index >= 15 is 0 Å².